The third-order valence-electron chi connectivity index (χ3n) is 5.46. The molecule has 25 heavy (non-hydrogen) atoms. The number of amides is 1. The van der Waals surface area contributed by atoms with Gasteiger partial charge in [0.05, 0.1) is 12.2 Å². The lowest BCUT2D eigenvalue weighted by Crippen LogP contribution is -2.45. The first-order valence-corrected chi connectivity index (χ1v) is 9.31. The van der Waals surface area contributed by atoms with E-state index in [0.717, 1.165) is 30.9 Å². The molecule has 7 nitrogen and oxygen atoms in total. The summed E-state index contributed by atoms with van der Waals surface area (Å²) in [4.78, 5) is 19.2. The summed E-state index contributed by atoms with van der Waals surface area (Å²) in [6.45, 7) is 4.23. The topological polar surface area (TPSA) is 77.1 Å². The highest BCUT2D eigenvalue weighted by Gasteiger charge is 2.32. The van der Waals surface area contributed by atoms with Crippen molar-refractivity contribution in [3.8, 4) is 0 Å². The van der Waals surface area contributed by atoms with Crippen molar-refractivity contribution in [2.75, 3.05) is 4.90 Å². The second-order valence-corrected chi connectivity index (χ2v) is 7.36. The molecule has 0 saturated heterocycles. The fraction of sp³-hybridized carbons (Fsp3) is 0.667. The number of anilines is 1. The van der Waals surface area contributed by atoms with Gasteiger partial charge in [-0.3, -0.25) is 9.69 Å². The molecule has 1 aliphatic heterocycles. The molecular weight excluding hydrogens is 318 g/mol. The maximum Gasteiger partial charge on any atom is 0.228 e. The number of fused-ring (bicyclic) bond motifs is 1. The first-order valence-electron chi connectivity index (χ1n) is 9.31. The maximum absolute atomic E-state index is 12.8. The van der Waals surface area contributed by atoms with Gasteiger partial charge in [0.1, 0.15) is 5.82 Å². The Labute approximate surface area is 147 Å². The fourth-order valence-corrected chi connectivity index (χ4v) is 4.19. The number of carbonyl (C=O) groups excluding carboxylic acids is 1. The van der Waals surface area contributed by atoms with Gasteiger partial charge in [-0.15, -0.1) is 0 Å². The average molecular weight is 343 g/mol. The van der Waals surface area contributed by atoms with Gasteiger partial charge in [-0.2, -0.15) is 10.1 Å². The van der Waals surface area contributed by atoms with Gasteiger partial charge in [-0.05, 0) is 33.1 Å². The maximum atomic E-state index is 12.8. The van der Waals surface area contributed by atoms with Crippen LogP contribution < -0.4 is 4.90 Å². The van der Waals surface area contributed by atoms with Crippen molar-refractivity contribution in [3.05, 3.63) is 24.0 Å². The van der Waals surface area contributed by atoms with Crippen LogP contribution in [0.3, 0.4) is 0 Å². The third-order valence-corrected chi connectivity index (χ3v) is 5.46. The minimum atomic E-state index is 0.0850. The monoisotopic (exact) mass is 343 g/mol. The molecule has 3 heterocycles. The highest BCUT2D eigenvalue weighted by atomic mass is 16.5. The number of nitrogens with zero attached hydrogens (tertiary/aromatic N) is 5. The Morgan fingerprint density at radius 2 is 2.08 bits per heavy atom. The van der Waals surface area contributed by atoms with E-state index in [9.17, 15) is 4.79 Å². The Morgan fingerprint density at radius 1 is 1.28 bits per heavy atom. The quantitative estimate of drug-likeness (QED) is 0.851. The van der Waals surface area contributed by atoms with Crippen molar-refractivity contribution in [2.24, 2.45) is 0 Å². The molecule has 1 saturated carbocycles. The zero-order valence-corrected chi connectivity index (χ0v) is 14.9. The van der Waals surface area contributed by atoms with Crippen molar-refractivity contribution >= 4 is 11.7 Å². The van der Waals surface area contributed by atoms with Gasteiger partial charge >= 0.3 is 0 Å². The molecule has 0 radical (unpaired) electrons. The molecule has 1 amide bonds. The molecule has 0 aromatic carbocycles. The fourth-order valence-electron chi connectivity index (χ4n) is 4.19. The minimum absolute atomic E-state index is 0.0850. The van der Waals surface area contributed by atoms with Crippen LogP contribution >= 0.6 is 0 Å². The molecule has 2 aromatic rings. The van der Waals surface area contributed by atoms with E-state index in [-0.39, 0.29) is 11.9 Å². The first-order chi connectivity index (χ1) is 12.1. The summed E-state index contributed by atoms with van der Waals surface area (Å²) in [6, 6.07) is 2.40. The lowest BCUT2D eigenvalue weighted by Gasteiger charge is -2.37. The van der Waals surface area contributed by atoms with Crippen LogP contribution in [0.1, 0.15) is 76.0 Å². The summed E-state index contributed by atoms with van der Waals surface area (Å²) in [7, 11) is 0. The molecule has 0 bridgehead atoms. The standard InChI is InChI=1S/C18H25N5O2/c1-12-11-13(2)23-16(9-10-19-23)22(12)17(24)8-7-15-20-18(21-25-15)14-5-3-4-6-14/h9-10,12-14H,3-8,11H2,1-2H3/t12-,13-/m1/s1. The predicted octanol–water partition coefficient (Wildman–Crippen LogP) is 3.24. The molecule has 1 fully saturated rings. The molecule has 134 valence electrons. The molecule has 0 unspecified atom stereocenters. The van der Waals surface area contributed by atoms with E-state index in [1.54, 1.807) is 6.20 Å². The number of aryl methyl sites for hydroxylation is 1. The van der Waals surface area contributed by atoms with E-state index in [1.165, 1.54) is 12.8 Å². The Bertz CT molecular complexity index is 746. The van der Waals surface area contributed by atoms with Crippen LogP contribution in [0, 0.1) is 0 Å². The van der Waals surface area contributed by atoms with Crippen molar-refractivity contribution in [3.63, 3.8) is 0 Å². The first kappa shape index (κ1) is 16.3. The van der Waals surface area contributed by atoms with Gasteiger partial charge in [0.25, 0.3) is 0 Å². The molecule has 0 spiro atoms. The zero-order chi connectivity index (χ0) is 17.4. The second-order valence-electron chi connectivity index (χ2n) is 7.36. The molecule has 2 aliphatic rings. The largest absolute Gasteiger partial charge is 0.339 e. The SMILES string of the molecule is C[C@@H]1C[C@@H](C)n2nccc2N1C(=O)CCc1nc(C2CCCC2)no1. The Kier molecular flexibility index (Phi) is 4.31. The van der Waals surface area contributed by atoms with Crippen molar-refractivity contribution < 1.29 is 9.32 Å². The number of hydrogen-bond acceptors (Lipinski definition) is 5. The number of carbonyl (C=O) groups is 1. The minimum Gasteiger partial charge on any atom is -0.339 e. The highest BCUT2D eigenvalue weighted by Crippen LogP contribution is 2.33. The smallest absolute Gasteiger partial charge is 0.228 e. The van der Waals surface area contributed by atoms with Gasteiger partial charge < -0.3 is 4.52 Å². The predicted molar refractivity (Wildman–Crippen MR) is 92.3 cm³/mol. The Balaban J connectivity index is 1.42. The van der Waals surface area contributed by atoms with E-state index in [2.05, 4.69) is 29.1 Å². The van der Waals surface area contributed by atoms with Crippen LogP contribution in [-0.2, 0) is 11.2 Å². The second kappa shape index (κ2) is 6.61. The normalized spacial score (nSPS) is 23.8. The van der Waals surface area contributed by atoms with Crippen LogP contribution in [0.25, 0.3) is 0 Å². The third kappa shape index (κ3) is 3.07. The van der Waals surface area contributed by atoms with Crippen LogP contribution in [0.2, 0.25) is 0 Å². The van der Waals surface area contributed by atoms with Gasteiger partial charge in [-0.25, -0.2) is 4.68 Å². The highest BCUT2D eigenvalue weighted by molar-refractivity contribution is 5.93. The van der Waals surface area contributed by atoms with Crippen LogP contribution in [0.15, 0.2) is 16.8 Å². The zero-order valence-electron chi connectivity index (χ0n) is 14.9. The number of rotatable bonds is 4. The van der Waals surface area contributed by atoms with E-state index in [1.807, 2.05) is 15.6 Å². The molecule has 4 rings (SSSR count). The Morgan fingerprint density at radius 3 is 2.88 bits per heavy atom. The summed E-state index contributed by atoms with van der Waals surface area (Å²) in [5, 5.41) is 8.47. The molecule has 2 atom stereocenters. The summed E-state index contributed by atoms with van der Waals surface area (Å²) in [5.74, 6) is 2.79. The van der Waals surface area contributed by atoms with Gasteiger partial charge in [-0.1, -0.05) is 18.0 Å². The number of aromatic nitrogens is 4. The molecule has 7 heteroatoms. The number of hydrogen-bond donors (Lipinski definition) is 0. The molecule has 1 aliphatic carbocycles. The molecule has 2 aromatic heterocycles. The van der Waals surface area contributed by atoms with Gasteiger partial charge in [0, 0.05) is 30.9 Å². The van der Waals surface area contributed by atoms with E-state index in [4.69, 9.17) is 4.52 Å². The van der Waals surface area contributed by atoms with E-state index >= 15 is 0 Å². The summed E-state index contributed by atoms with van der Waals surface area (Å²) < 4.78 is 7.30. The summed E-state index contributed by atoms with van der Waals surface area (Å²) in [5.41, 5.74) is 0. The molecular formula is C18H25N5O2. The average Bonchev–Trinajstić information content (AvgIpc) is 3.32. The van der Waals surface area contributed by atoms with Gasteiger partial charge in [0.2, 0.25) is 11.8 Å². The summed E-state index contributed by atoms with van der Waals surface area (Å²) in [6.07, 6.45) is 8.30. The van der Waals surface area contributed by atoms with E-state index < -0.39 is 0 Å². The van der Waals surface area contributed by atoms with Crippen LogP contribution in [0.5, 0.6) is 0 Å². The van der Waals surface area contributed by atoms with Gasteiger partial charge in [0.15, 0.2) is 5.82 Å². The van der Waals surface area contributed by atoms with Crippen molar-refractivity contribution in [2.45, 2.75) is 76.8 Å². The van der Waals surface area contributed by atoms with Crippen LogP contribution in [-0.4, -0.2) is 31.9 Å². The van der Waals surface area contributed by atoms with Crippen molar-refractivity contribution in [1.29, 1.82) is 0 Å². The van der Waals surface area contributed by atoms with Crippen molar-refractivity contribution in [1.82, 2.24) is 19.9 Å². The Hall–Kier alpha value is -2.18. The van der Waals surface area contributed by atoms with E-state index in [0.29, 0.717) is 30.7 Å². The summed E-state index contributed by atoms with van der Waals surface area (Å²) >= 11 is 0. The lowest BCUT2D eigenvalue weighted by atomic mass is 10.0. The lowest BCUT2D eigenvalue weighted by molar-refractivity contribution is -0.119. The molecule has 0 N–H and O–H groups in total. The van der Waals surface area contributed by atoms with Crippen LogP contribution in [0.4, 0.5) is 5.82 Å².